The maximum Gasteiger partial charge on any atom is 0.111 e. The van der Waals surface area contributed by atoms with Gasteiger partial charge in [0.25, 0.3) is 0 Å². The van der Waals surface area contributed by atoms with Crippen molar-refractivity contribution in [2.75, 3.05) is 6.61 Å². The maximum absolute atomic E-state index is 10.1. The predicted molar refractivity (Wildman–Crippen MR) is 98.0 cm³/mol. The van der Waals surface area contributed by atoms with Crippen molar-refractivity contribution in [3.05, 3.63) is 0 Å². The summed E-state index contributed by atoms with van der Waals surface area (Å²) >= 11 is 0. The average Bonchev–Trinajstić information content (AvgIpc) is 2.59. The van der Waals surface area contributed by atoms with Crippen molar-refractivity contribution in [2.24, 2.45) is 5.92 Å². The van der Waals surface area contributed by atoms with Crippen LogP contribution < -0.4 is 0 Å². The summed E-state index contributed by atoms with van der Waals surface area (Å²) < 4.78 is 5.61. The highest BCUT2D eigenvalue weighted by Gasteiger charge is 2.40. The molecule has 3 N–H and O–H groups in total. The summed E-state index contributed by atoms with van der Waals surface area (Å²) in [5, 5.41) is 29.5. The molecule has 1 fully saturated rings. The van der Waals surface area contributed by atoms with E-state index in [2.05, 4.69) is 13.8 Å². The molecule has 144 valence electrons. The lowest BCUT2D eigenvalue weighted by atomic mass is 9.85. The van der Waals surface area contributed by atoms with E-state index >= 15 is 0 Å². The van der Waals surface area contributed by atoms with Crippen molar-refractivity contribution in [3.8, 4) is 0 Å². The summed E-state index contributed by atoms with van der Waals surface area (Å²) in [6.45, 7) is 4.48. The molecule has 0 saturated carbocycles. The van der Waals surface area contributed by atoms with Crippen LogP contribution in [0.1, 0.15) is 90.9 Å². The highest BCUT2D eigenvalue weighted by molar-refractivity contribution is 4.89. The third-order valence-corrected chi connectivity index (χ3v) is 5.46. The molecule has 0 aliphatic carbocycles. The second-order valence-corrected chi connectivity index (χ2v) is 7.49. The molecule has 1 rings (SSSR count). The van der Waals surface area contributed by atoms with E-state index in [9.17, 15) is 15.3 Å². The third kappa shape index (κ3) is 7.81. The Morgan fingerprint density at radius 3 is 1.88 bits per heavy atom. The van der Waals surface area contributed by atoms with Gasteiger partial charge in [-0.1, -0.05) is 84.5 Å². The first-order valence-electron chi connectivity index (χ1n) is 10.3. The molecular weight excluding hydrogens is 304 g/mol. The lowest BCUT2D eigenvalue weighted by Crippen LogP contribution is -2.55. The van der Waals surface area contributed by atoms with Crippen LogP contribution in [-0.2, 0) is 4.74 Å². The quantitative estimate of drug-likeness (QED) is 0.444. The van der Waals surface area contributed by atoms with Crippen LogP contribution in [0, 0.1) is 5.92 Å². The van der Waals surface area contributed by atoms with Gasteiger partial charge in [-0.25, -0.2) is 0 Å². The Labute approximate surface area is 148 Å². The second-order valence-electron chi connectivity index (χ2n) is 7.49. The first kappa shape index (κ1) is 21.9. The van der Waals surface area contributed by atoms with Crippen LogP contribution in [-0.4, -0.2) is 46.3 Å². The van der Waals surface area contributed by atoms with E-state index in [1.807, 2.05) is 0 Å². The Hall–Kier alpha value is -0.160. The monoisotopic (exact) mass is 344 g/mol. The van der Waals surface area contributed by atoms with Gasteiger partial charge >= 0.3 is 0 Å². The van der Waals surface area contributed by atoms with Gasteiger partial charge in [-0.2, -0.15) is 0 Å². The van der Waals surface area contributed by atoms with Gasteiger partial charge < -0.3 is 20.1 Å². The summed E-state index contributed by atoms with van der Waals surface area (Å²) in [7, 11) is 0. The summed E-state index contributed by atoms with van der Waals surface area (Å²) in [5.41, 5.74) is 0. The van der Waals surface area contributed by atoms with Crippen molar-refractivity contribution in [1.29, 1.82) is 0 Å². The Kier molecular flexibility index (Phi) is 11.9. The maximum atomic E-state index is 10.1. The molecule has 1 aliphatic heterocycles. The topological polar surface area (TPSA) is 69.9 Å². The number of rotatable bonds is 13. The summed E-state index contributed by atoms with van der Waals surface area (Å²) in [4.78, 5) is 0. The number of ether oxygens (including phenoxy) is 1. The molecule has 5 atom stereocenters. The minimum absolute atomic E-state index is 0.122. The molecule has 0 radical (unpaired) electrons. The van der Waals surface area contributed by atoms with Crippen molar-refractivity contribution in [2.45, 2.75) is 115 Å². The number of hydrogen-bond acceptors (Lipinski definition) is 4. The standard InChI is InChI=1S/C20H40O4/c1-3-5-6-7-8-9-10-11-12-13-14-16(4-2)20-19(23)18(22)17(21)15-24-20/h16-23H,3-15H2,1-2H3/t16?,17-,18+,19-,20+/m1/s1. The Morgan fingerprint density at radius 2 is 1.33 bits per heavy atom. The summed E-state index contributed by atoms with van der Waals surface area (Å²) in [6.07, 6.45) is 11.8. The molecule has 4 heteroatoms. The molecule has 24 heavy (non-hydrogen) atoms. The minimum Gasteiger partial charge on any atom is -0.388 e. The van der Waals surface area contributed by atoms with Gasteiger partial charge in [0.15, 0.2) is 0 Å². The van der Waals surface area contributed by atoms with Crippen LogP contribution in [0.2, 0.25) is 0 Å². The average molecular weight is 345 g/mol. The molecule has 0 aromatic heterocycles. The van der Waals surface area contributed by atoms with Crippen molar-refractivity contribution < 1.29 is 20.1 Å². The highest BCUT2D eigenvalue weighted by atomic mass is 16.5. The molecular formula is C20H40O4. The molecule has 0 spiro atoms. The third-order valence-electron chi connectivity index (χ3n) is 5.46. The molecule has 4 nitrogen and oxygen atoms in total. The number of aliphatic hydroxyl groups excluding tert-OH is 3. The molecule has 0 aromatic rings. The van der Waals surface area contributed by atoms with Crippen molar-refractivity contribution >= 4 is 0 Å². The van der Waals surface area contributed by atoms with E-state index in [1.54, 1.807) is 0 Å². The van der Waals surface area contributed by atoms with E-state index < -0.39 is 18.3 Å². The van der Waals surface area contributed by atoms with Gasteiger partial charge in [-0.05, 0) is 12.3 Å². The molecule has 1 aliphatic rings. The molecule has 0 bridgehead atoms. The summed E-state index contributed by atoms with van der Waals surface area (Å²) in [6, 6.07) is 0. The van der Waals surface area contributed by atoms with Gasteiger partial charge in [-0.3, -0.25) is 0 Å². The van der Waals surface area contributed by atoms with Crippen LogP contribution in [0.5, 0.6) is 0 Å². The smallest absolute Gasteiger partial charge is 0.111 e. The predicted octanol–water partition coefficient (Wildman–Crippen LogP) is 3.81. The highest BCUT2D eigenvalue weighted by Crippen LogP contribution is 2.28. The van der Waals surface area contributed by atoms with Crippen LogP contribution in [0.4, 0.5) is 0 Å². The van der Waals surface area contributed by atoms with Gasteiger partial charge in [0.05, 0.1) is 12.7 Å². The van der Waals surface area contributed by atoms with Crippen LogP contribution >= 0.6 is 0 Å². The van der Waals surface area contributed by atoms with E-state index in [1.165, 1.54) is 57.8 Å². The number of unbranched alkanes of at least 4 members (excludes halogenated alkanes) is 9. The minimum atomic E-state index is -1.08. The number of aliphatic hydroxyl groups is 3. The Balaban J connectivity index is 2.10. The van der Waals surface area contributed by atoms with E-state index in [4.69, 9.17) is 4.74 Å². The van der Waals surface area contributed by atoms with Gasteiger partial charge in [0.2, 0.25) is 0 Å². The van der Waals surface area contributed by atoms with Crippen LogP contribution in [0.3, 0.4) is 0 Å². The Bertz CT molecular complexity index is 297. The van der Waals surface area contributed by atoms with Gasteiger partial charge in [-0.15, -0.1) is 0 Å². The SMILES string of the molecule is CCCCCCCCCCCCC(CC)[C@@H]1OC[C@@H](O)[C@H](O)[C@H]1O. The molecule has 0 amide bonds. The molecule has 1 saturated heterocycles. The molecule has 1 unspecified atom stereocenters. The Morgan fingerprint density at radius 1 is 0.792 bits per heavy atom. The zero-order chi connectivity index (χ0) is 17.8. The van der Waals surface area contributed by atoms with E-state index in [-0.39, 0.29) is 18.6 Å². The molecule has 0 aromatic carbocycles. The molecule has 1 heterocycles. The van der Waals surface area contributed by atoms with E-state index in [0.717, 1.165) is 19.3 Å². The van der Waals surface area contributed by atoms with Gasteiger partial charge in [0.1, 0.15) is 18.3 Å². The zero-order valence-electron chi connectivity index (χ0n) is 15.8. The largest absolute Gasteiger partial charge is 0.388 e. The van der Waals surface area contributed by atoms with Crippen LogP contribution in [0.25, 0.3) is 0 Å². The fraction of sp³-hybridized carbons (Fsp3) is 1.00. The first-order valence-corrected chi connectivity index (χ1v) is 10.3. The van der Waals surface area contributed by atoms with E-state index in [0.29, 0.717) is 0 Å². The fourth-order valence-electron chi connectivity index (χ4n) is 3.74. The zero-order valence-corrected chi connectivity index (χ0v) is 15.8. The fourth-order valence-corrected chi connectivity index (χ4v) is 3.74. The van der Waals surface area contributed by atoms with Crippen LogP contribution in [0.15, 0.2) is 0 Å². The lowest BCUT2D eigenvalue weighted by molar-refractivity contribution is -0.201. The summed E-state index contributed by atoms with van der Waals surface area (Å²) in [5.74, 6) is 0.260. The van der Waals surface area contributed by atoms with Gasteiger partial charge in [0, 0.05) is 0 Å². The second kappa shape index (κ2) is 13.1. The normalized spacial score (nSPS) is 28.9. The number of hydrogen-bond donors (Lipinski definition) is 3. The van der Waals surface area contributed by atoms with Crippen molar-refractivity contribution in [3.63, 3.8) is 0 Å². The van der Waals surface area contributed by atoms with Crippen molar-refractivity contribution in [1.82, 2.24) is 0 Å². The first-order chi connectivity index (χ1) is 11.6. The lowest BCUT2D eigenvalue weighted by Gasteiger charge is -2.39.